The quantitative estimate of drug-likeness (QED) is 0.443. The molecule has 0 aromatic carbocycles. The lowest BCUT2D eigenvalue weighted by Gasteiger charge is -2.25. The topological polar surface area (TPSA) is 46.1 Å². The Bertz CT molecular complexity index is 327. The number of hydrogen-bond donors (Lipinski definition) is 1. The third-order valence-electron chi connectivity index (χ3n) is 4.79. The molecule has 1 saturated carbocycles. The molecular weight excluding hydrogens is 266 g/mol. The molecule has 0 aromatic heterocycles. The maximum Gasteiger partial charge on any atom is 0.193 e. The van der Waals surface area contributed by atoms with Crippen molar-refractivity contribution < 1.29 is 9.47 Å². The van der Waals surface area contributed by atoms with Gasteiger partial charge in [0.1, 0.15) is 0 Å². The van der Waals surface area contributed by atoms with Crippen molar-refractivity contribution in [2.24, 2.45) is 10.4 Å². The first-order valence-electron chi connectivity index (χ1n) is 8.32. The smallest absolute Gasteiger partial charge is 0.193 e. The normalized spacial score (nSPS) is 21.4. The van der Waals surface area contributed by atoms with Crippen LogP contribution in [-0.4, -0.2) is 64.5 Å². The zero-order chi connectivity index (χ0) is 15.0. The van der Waals surface area contributed by atoms with Crippen molar-refractivity contribution in [2.75, 3.05) is 53.6 Å². The van der Waals surface area contributed by atoms with Gasteiger partial charge in [-0.2, -0.15) is 0 Å². The summed E-state index contributed by atoms with van der Waals surface area (Å²) >= 11 is 0. The van der Waals surface area contributed by atoms with E-state index in [-0.39, 0.29) is 0 Å². The van der Waals surface area contributed by atoms with E-state index in [4.69, 9.17) is 9.47 Å². The molecular formula is C16H31N3O2. The lowest BCUT2D eigenvalue weighted by atomic mass is 9.86. The van der Waals surface area contributed by atoms with Crippen LogP contribution in [0.3, 0.4) is 0 Å². The second-order valence-electron chi connectivity index (χ2n) is 6.31. The summed E-state index contributed by atoms with van der Waals surface area (Å²) in [5, 5.41) is 3.47. The number of hydrogen-bond acceptors (Lipinski definition) is 3. The number of likely N-dealkylation sites (tertiary alicyclic amines) is 1. The molecule has 21 heavy (non-hydrogen) atoms. The summed E-state index contributed by atoms with van der Waals surface area (Å²) in [6, 6.07) is 0. The fourth-order valence-electron chi connectivity index (χ4n) is 3.60. The Morgan fingerprint density at radius 3 is 2.71 bits per heavy atom. The first-order chi connectivity index (χ1) is 10.3. The van der Waals surface area contributed by atoms with Crippen LogP contribution >= 0.6 is 0 Å². The maximum absolute atomic E-state index is 5.47. The Hall–Kier alpha value is -0.810. The number of rotatable bonds is 7. The van der Waals surface area contributed by atoms with Crippen LogP contribution in [0.4, 0.5) is 0 Å². The molecule has 2 aliphatic rings. The van der Waals surface area contributed by atoms with Gasteiger partial charge in [0.25, 0.3) is 0 Å². The maximum atomic E-state index is 5.47. The van der Waals surface area contributed by atoms with E-state index in [0.717, 1.165) is 32.1 Å². The average molecular weight is 297 g/mol. The van der Waals surface area contributed by atoms with Crippen molar-refractivity contribution in [3.63, 3.8) is 0 Å². The summed E-state index contributed by atoms with van der Waals surface area (Å²) in [4.78, 5) is 6.88. The summed E-state index contributed by atoms with van der Waals surface area (Å²) < 4.78 is 10.4. The van der Waals surface area contributed by atoms with Gasteiger partial charge in [-0.05, 0) is 31.1 Å². The molecule has 0 radical (unpaired) electrons. The fourth-order valence-corrected chi connectivity index (χ4v) is 3.60. The number of ether oxygens (including phenoxy) is 2. The van der Waals surface area contributed by atoms with Gasteiger partial charge in [0, 0.05) is 40.4 Å². The minimum absolute atomic E-state index is 0.598. The highest BCUT2D eigenvalue weighted by Gasteiger charge is 2.40. The van der Waals surface area contributed by atoms with Crippen LogP contribution in [0.25, 0.3) is 0 Å². The molecule has 2 rings (SSSR count). The average Bonchev–Trinajstić information content (AvgIpc) is 3.13. The largest absolute Gasteiger partial charge is 0.382 e. The molecule has 2 fully saturated rings. The third kappa shape index (κ3) is 4.85. The molecule has 0 aromatic rings. The fraction of sp³-hybridized carbons (Fsp3) is 0.938. The first-order valence-corrected chi connectivity index (χ1v) is 8.32. The minimum atomic E-state index is 0.598. The lowest BCUT2D eigenvalue weighted by molar-refractivity contribution is 0.0698. The second kappa shape index (κ2) is 8.59. The van der Waals surface area contributed by atoms with E-state index in [9.17, 15) is 0 Å². The van der Waals surface area contributed by atoms with Crippen molar-refractivity contribution in [1.29, 1.82) is 0 Å². The van der Waals surface area contributed by atoms with Crippen LogP contribution in [0.15, 0.2) is 4.99 Å². The van der Waals surface area contributed by atoms with E-state index in [1.165, 1.54) is 38.6 Å². The van der Waals surface area contributed by atoms with Crippen LogP contribution in [0.2, 0.25) is 0 Å². The van der Waals surface area contributed by atoms with Gasteiger partial charge < -0.3 is 19.7 Å². The molecule has 1 heterocycles. The van der Waals surface area contributed by atoms with Crippen molar-refractivity contribution in [3.05, 3.63) is 0 Å². The summed E-state index contributed by atoms with van der Waals surface area (Å²) in [6.07, 6.45) is 7.99. The van der Waals surface area contributed by atoms with E-state index in [1.54, 1.807) is 7.11 Å². The van der Waals surface area contributed by atoms with Crippen LogP contribution < -0.4 is 5.32 Å². The number of nitrogens with one attached hydrogen (secondary N) is 1. The molecule has 0 amide bonds. The Balaban J connectivity index is 1.62. The number of aliphatic imine (C=N–C) groups is 1. The molecule has 0 atom stereocenters. The Kier molecular flexibility index (Phi) is 6.77. The van der Waals surface area contributed by atoms with Crippen molar-refractivity contribution >= 4 is 5.96 Å². The molecule has 0 bridgehead atoms. The van der Waals surface area contributed by atoms with E-state index in [1.807, 2.05) is 7.05 Å². The molecule has 1 saturated heterocycles. The molecule has 1 N–H and O–H groups in total. The summed E-state index contributed by atoms with van der Waals surface area (Å²) in [7, 11) is 3.58. The van der Waals surface area contributed by atoms with Gasteiger partial charge in [0.15, 0.2) is 5.96 Å². The monoisotopic (exact) mass is 297 g/mol. The van der Waals surface area contributed by atoms with Gasteiger partial charge >= 0.3 is 0 Å². The Morgan fingerprint density at radius 1 is 1.19 bits per heavy atom. The number of guanidine groups is 1. The van der Waals surface area contributed by atoms with Gasteiger partial charge in [0.05, 0.1) is 13.2 Å². The lowest BCUT2D eigenvalue weighted by Crippen LogP contribution is -2.41. The van der Waals surface area contributed by atoms with E-state index in [0.29, 0.717) is 18.6 Å². The van der Waals surface area contributed by atoms with Gasteiger partial charge in [0.2, 0.25) is 0 Å². The van der Waals surface area contributed by atoms with Crippen LogP contribution in [0.1, 0.15) is 38.5 Å². The molecule has 0 unspecified atom stereocenters. The SMILES string of the molecule is CN=C(NCCCOCCOC)N1CCC2(CCCC2)C1. The van der Waals surface area contributed by atoms with Crippen molar-refractivity contribution in [2.45, 2.75) is 38.5 Å². The van der Waals surface area contributed by atoms with Gasteiger partial charge in [-0.25, -0.2) is 0 Å². The highest BCUT2D eigenvalue weighted by molar-refractivity contribution is 5.80. The predicted octanol–water partition coefficient (Wildman–Crippen LogP) is 1.88. The molecule has 1 aliphatic heterocycles. The van der Waals surface area contributed by atoms with E-state index in [2.05, 4.69) is 15.2 Å². The van der Waals surface area contributed by atoms with Crippen LogP contribution in [0.5, 0.6) is 0 Å². The molecule has 1 aliphatic carbocycles. The van der Waals surface area contributed by atoms with E-state index < -0.39 is 0 Å². The number of nitrogens with zero attached hydrogens (tertiary/aromatic N) is 2. The zero-order valence-electron chi connectivity index (χ0n) is 13.7. The molecule has 1 spiro atoms. The van der Waals surface area contributed by atoms with Crippen molar-refractivity contribution in [1.82, 2.24) is 10.2 Å². The van der Waals surface area contributed by atoms with Crippen molar-refractivity contribution in [3.8, 4) is 0 Å². The van der Waals surface area contributed by atoms with Gasteiger partial charge in [-0.15, -0.1) is 0 Å². The highest BCUT2D eigenvalue weighted by atomic mass is 16.5. The molecule has 5 nitrogen and oxygen atoms in total. The molecule has 5 heteroatoms. The predicted molar refractivity (Wildman–Crippen MR) is 85.8 cm³/mol. The third-order valence-corrected chi connectivity index (χ3v) is 4.79. The summed E-state index contributed by atoms with van der Waals surface area (Å²) in [5.74, 6) is 1.07. The summed E-state index contributed by atoms with van der Waals surface area (Å²) in [5.41, 5.74) is 0.598. The Morgan fingerprint density at radius 2 is 2.00 bits per heavy atom. The minimum Gasteiger partial charge on any atom is -0.382 e. The zero-order valence-corrected chi connectivity index (χ0v) is 13.7. The number of methoxy groups -OCH3 is 1. The Labute approximate surface area is 129 Å². The van der Waals surface area contributed by atoms with Gasteiger partial charge in [-0.3, -0.25) is 4.99 Å². The van der Waals surface area contributed by atoms with Crippen LogP contribution in [-0.2, 0) is 9.47 Å². The highest BCUT2D eigenvalue weighted by Crippen LogP contribution is 2.45. The standard InChI is InChI=1S/C16H31N3O2/c1-17-15(18-9-5-11-21-13-12-20-2)19-10-8-16(14-19)6-3-4-7-16/h3-14H2,1-2H3,(H,17,18). The second-order valence-corrected chi connectivity index (χ2v) is 6.31. The summed E-state index contributed by atoms with van der Waals surface area (Å²) in [6.45, 7) is 5.40. The van der Waals surface area contributed by atoms with E-state index >= 15 is 0 Å². The van der Waals surface area contributed by atoms with Crippen LogP contribution in [0, 0.1) is 5.41 Å². The first kappa shape index (κ1) is 16.6. The van der Waals surface area contributed by atoms with Gasteiger partial charge in [-0.1, -0.05) is 12.8 Å². The molecule has 122 valence electrons.